The van der Waals surface area contributed by atoms with Crippen LogP contribution in [0, 0.1) is 23.2 Å². The van der Waals surface area contributed by atoms with Crippen LogP contribution in [0.4, 0.5) is 0 Å². The zero-order chi connectivity index (χ0) is 28.4. The molecule has 1 aromatic rings. The summed E-state index contributed by atoms with van der Waals surface area (Å²) in [5, 5.41) is 0. The van der Waals surface area contributed by atoms with E-state index in [0.29, 0.717) is 56.5 Å². The Kier molecular flexibility index (Phi) is 9.40. The molecule has 216 valence electrons. The molecule has 1 aromatic heterocycles. The van der Waals surface area contributed by atoms with Gasteiger partial charge in [0.05, 0.1) is 45.9 Å². The van der Waals surface area contributed by atoms with Crippen molar-refractivity contribution in [2.75, 3.05) is 53.0 Å². The van der Waals surface area contributed by atoms with Crippen molar-refractivity contribution >= 4 is 46.3 Å². The van der Waals surface area contributed by atoms with E-state index in [-0.39, 0.29) is 24.3 Å². The molecule has 0 aliphatic carbocycles. The first kappa shape index (κ1) is 30.0. The minimum Gasteiger partial charge on any atom is -0.384 e. The van der Waals surface area contributed by atoms with Gasteiger partial charge in [-0.3, -0.25) is 19.4 Å². The third-order valence-electron chi connectivity index (χ3n) is 7.99. The normalized spacial score (nSPS) is 25.2. The van der Waals surface area contributed by atoms with Gasteiger partial charge in [0.2, 0.25) is 5.91 Å². The van der Waals surface area contributed by atoms with Gasteiger partial charge in [0.15, 0.2) is 0 Å². The molecule has 3 saturated heterocycles. The quantitative estimate of drug-likeness (QED) is 0.438. The van der Waals surface area contributed by atoms with Gasteiger partial charge in [-0.2, -0.15) is 0 Å². The number of amides is 3. The van der Waals surface area contributed by atoms with E-state index in [0.717, 1.165) is 12.8 Å². The Hall–Kier alpha value is -2.02. The van der Waals surface area contributed by atoms with E-state index in [4.69, 9.17) is 4.74 Å². The lowest BCUT2D eigenvalue weighted by Gasteiger charge is -2.50. The molecule has 10 nitrogen and oxygen atoms in total. The SMILES string of the molecule is CCC(C=NC(=O)[C@@H]1CN(C(=O)c2cncs2)CC12CN(S(=O)C(C)(C)C)C2)C(=O)N1CCC[C@H](COC)C1. The summed E-state index contributed by atoms with van der Waals surface area (Å²) in [5.41, 5.74) is 1.10. The zero-order valence-electron chi connectivity index (χ0n) is 23.6. The number of hydrogen-bond donors (Lipinski definition) is 0. The van der Waals surface area contributed by atoms with Crippen LogP contribution in [0.25, 0.3) is 0 Å². The molecule has 3 fully saturated rings. The van der Waals surface area contributed by atoms with Crippen LogP contribution in [0.5, 0.6) is 0 Å². The average Bonchev–Trinajstić information content (AvgIpc) is 3.56. The van der Waals surface area contributed by atoms with E-state index in [2.05, 4.69) is 9.98 Å². The molecule has 0 saturated carbocycles. The number of nitrogens with zero attached hydrogens (tertiary/aromatic N) is 5. The van der Waals surface area contributed by atoms with E-state index in [9.17, 15) is 18.6 Å². The number of rotatable bonds is 8. The Balaban J connectivity index is 1.48. The first-order valence-corrected chi connectivity index (χ1v) is 15.7. The molecule has 4 heterocycles. The Morgan fingerprint density at radius 2 is 2.00 bits per heavy atom. The van der Waals surface area contributed by atoms with Crippen LogP contribution in [0.15, 0.2) is 16.7 Å². The smallest absolute Gasteiger partial charge is 0.265 e. The molecule has 3 aliphatic heterocycles. The highest BCUT2D eigenvalue weighted by atomic mass is 32.2. The van der Waals surface area contributed by atoms with Gasteiger partial charge in [-0.1, -0.05) is 6.92 Å². The summed E-state index contributed by atoms with van der Waals surface area (Å²) in [6.45, 7) is 11.3. The van der Waals surface area contributed by atoms with E-state index in [1.807, 2.05) is 36.9 Å². The average molecular weight is 580 g/mol. The Morgan fingerprint density at radius 1 is 1.26 bits per heavy atom. The van der Waals surface area contributed by atoms with Gasteiger partial charge in [0, 0.05) is 58.0 Å². The lowest BCUT2D eigenvalue weighted by atomic mass is 9.72. The predicted molar refractivity (Wildman–Crippen MR) is 152 cm³/mol. The largest absolute Gasteiger partial charge is 0.384 e. The highest BCUT2D eigenvalue weighted by molar-refractivity contribution is 7.84. The lowest BCUT2D eigenvalue weighted by molar-refractivity contribution is -0.135. The Morgan fingerprint density at radius 3 is 2.62 bits per heavy atom. The van der Waals surface area contributed by atoms with E-state index in [1.54, 1.807) is 23.7 Å². The maximum absolute atomic E-state index is 13.6. The number of hydrogen-bond acceptors (Lipinski definition) is 7. The van der Waals surface area contributed by atoms with Gasteiger partial charge in [0.25, 0.3) is 11.8 Å². The van der Waals surface area contributed by atoms with Gasteiger partial charge in [0.1, 0.15) is 4.88 Å². The minimum atomic E-state index is -1.21. The predicted octanol–water partition coefficient (Wildman–Crippen LogP) is 2.49. The minimum absolute atomic E-state index is 0.00613. The molecule has 1 spiro atoms. The molecule has 39 heavy (non-hydrogen) atoms. The van der Waals surface area contributed by atoms with Crippen LogP contribution < -0.4 is 0 Å². The number of piperidine rings is 1. The number of thiazole rings is 1. The van der Waals surface area contributed by atoms with Crippen molar-refractivity contribution in [1.82, 2.24) is 19.1 Å². The third-order valence-corrected chi connectivity index (χ3v) is 10.5. The van der Waals surface area contributed by atoms with Crippen LogP contribution in [-0.4, -0.2) is 105 Å². The highest BCUT2D eigenvalue weighted by Crippen LogP contribution is 2.46. The summed E-state index contributed by atoms with van der Waals surface area (Å²) in [5.74, 6) is -1.15. The molecular formula is C27H41N5O5S2. The fourth-order valence-electron chi connectivity index (χ4n) is 5.89. The fourth-order valence-corrected chi connectivity index (χ4v) is 8.00. The maximum atomic E-state index is 13.6. The van der Waals surface area contributed by atoms with Crippen LogP contribution in [-0.2, 0) is 25.3 Å². The zero-order valence-corrected chi connectivity index (χ0v) is 25.3. The molecule has 0 radical (unpaired) electrons. The monoisotopic (exact) mass is 579 g/mol. The van der Waals surface area contributed by atoms with Crippen molar-refractivity contribution in [2.45, 2.75) is 51.7 Å². The summed E-state index contributed by atoms with van der Waals surface area (Å²) in [6.07, 6.45) is 5.58. The third kappa shape index (κ3) is 6.49. The Labute approximate surface area is 237 Å². The number of likely N-dealkylation sites (tertiary alicyclic amines) is 2. The van der Waals surface area contributed by atoms with E-state index in [1.165, 1.54) is 17.6 Å². The second-order valence-electron chi connectivity index (χ2n) is 12.0. The number of methoxy groups -OCH3 is 1. The fraction of sp³-hybridized carbons (Fsp3) is 0.741. The van der Waals surface area contributed by atoms with Crippen molar-refractivity contribution < 1.29 is 23.3 Å². The second-order valence-corrected chi connectivity index (χ2v) is 15.1. The molecule has 4 rings (SSSR count). The number of carbonyl (C=O) groups is 3. The molecule has 0 aromatic carbocycles. The maximum Gasteiger partial charge on any atom is 0.265 e. The first-order chi connectivity index (χ1) is 18.5. The van der Waals surface area contributed by atoms with Crippen molar-refractivity contribution in [3.8, 4) is 0 Å². The first-order valence-electron chi connectivity index (χ1n) is 13.7. The second kappa shape index (κ2) is 12.2. The Bertz CT molecular complexity index is 1090. The molecule has 3 amide bonds. The van der Waals surface area contributed by atoms with Crippen molar-refractivity contribution in [1.29, 1.82) is 0 Å². The number of carbonyl (C=O) groups excluding carboxylic acids is 3. The van der Waals surface area contributed by atoms with Gasteiger partial charge in [-0.25, -0.2) is 13.5 Å². The van der Waals surface area contributed by atoms with Crippen molar-refractivity contribution in [2.24, 2.45) is 28.2 Å². The highest BCUT2D eigenvalue weighted by Gasteiger charge is 2.59. The summed E-state index contributed by atoms with van der Waals surface area (Å²) >= 11 is 1.27. The standard InChI is InChI=1S/C27H41N5O5S2/c1-6-20(24(34)30-9-7-8-19(12-30)14-37-5)10-29-23(33)21-13-31(25(35)22-11-28-18-38-22)15-27(21)16-32(17-27)39(36)26(2,3)4/h10-11,18-21H,6-9,12-17H2,1-5H3/t19-,20?,21-,39?/m0/s1. The summed E-state index contributed by atoms with van der Waals surface area (Å²) in [6, 6.07) is 0. The van der Waals surface area contributed by atoms with Gasteiger partial charge in [-0.05, 0) is 46.0 Å². The van der Waals surface area contributed by atoms with Crippen molar-refractivity contribution in [3.63, 3.8) is 0 Å². The van der Waals surface area contributed by atoms with Crippen LogP contribution in [0.1, 0.15) is 56.6 Å². The van der Waals surface area contributed by atoms with E-state index < -0.39 is 33.0 Å². The molecule has 0 N–H and O–H groups in total. The number of aliphatic imine (C=N–C) groups is 1. The van der Waals surface area contributed by atoms with Gasteiger partial charge in [-0.15, -0.1) is 11.3 Å². The van der Waals surface area contributed by atoms with Crippen molar-refractivity contribution in [3.05, 3.63) is 16.6 Å². The molecule has 12 heteroatoms. The summed E-state index contributed by atoms with van der Waals surface area (Å²) < 4.78 is 19.8. The molecule has 2 unspecified atom stereocenters. The van der Waals surface area contributed by atoms with Gasteiger partial charge >= 0.3 is 0 Å². The number of ether oxygens (including phenoxy) is 1. The lowest BCUT2D eigenvalue weighted by Crippen LogP contribution is -2.63. The topological polar surface area (TPSA) is 112 Å². The van der Waals surface area contributed by atoms with Crippen LogP contribution in [0.2, 0.25) is 0 Å². The van der Waals surface area contributed by atoms with Crippen LogP contribution in [0.3, 0.4) is 0 Å². The van der Waals surface area contributed by atoms with Gasteiger partial charge < -0.3 is 14.5 Å². The summed E-state index contributed by atoms with van der Waals surface area (Å²) in [7, 11) is 0.468. The molecule has 0 bridgehead atoms. The number of aromatic nitrogens is 1. The molecule has 4 atom stereocenters. The summed E-state index contributed by atoms with van der Waals surface area (Å²) in [4.78, 5) is 52.4. The van der Waals surface area contributed by atoms with Crippen LogP contribution >= 0.6 is 11.3 Å². The molecule has 3 aliphatic rings. The van der Waals surface area contributed by atoms with E-state index >= 15 is 0 Å². The molecular weight excluding hydrogens is 538 g/mol.